The average molecular weight is 411 g/mol. The van der Waals surface area contributed by atoms with E-state index in [-0.39, 0.29) is 5.75 Å². The highest BCUT2D eigenvalue weighted by atomic mass is 127. The van der Waals surface area contributed by atoms with Crippen molar-refractivity contribution in [3.8, 4) is 5.69 Å². The SMILES string of the molecule is O=C(O)CSc1nc2cnccc2n1-c1ccc(I)cc1. The first kappa shape index (κ1) is 14.3. The number of nitrogens with zero attached hydrogens (tertiary/aromatic N) is 3. The van der Waals surface area contributed by atoms with E-state index in [4.69, 9.17) is 5.11 Å². The van der Waals surface area contributed by atoms with Crippen molar-refractivity contribution in [3.63, 3.8) is 0 Å². The second-order valence-corrected chi connectivity index (χ2v) is 6.44. The molecule has 2 aromatic heterocycles. The maximum Gasteiger partial charge on any atom is 0.313 e. The Hall–Kier alpha value is -1.61. The van der Waals surface area contributed by atoms with Crippen molar-refractivity contribution in [3.05, 3.63) is 46.3 Å². The number of carboxylic acids is 1. The van der Waals surface area contributed by atoms with Crippen molar-refractivity contribution in [1.82, 2.24) is 14.5 Å². The predicted octanol–water partition coefficient (Wildman–Crippen LogP) is 3.20. The Morgan fingerprint density at radius 3 is 2.76 bits per heavy atom. The molecular formula is C14H10IN3O2S. The Labute approximate surface area is 138 Å². The van der Waals surface area contributed by atoms with Gasteiger partial charge in [0.2, 0.25) is 0 Å². The van der Waals surface area contributed by atoms with E-state index in [9.17, 15) is 4.79 Å². The molecule has 0 unspecified atom stereocenters. The Morgan fingerprint density at radius 2 is 2.05 bits per heavy atom. The van der Waals surface area contributed by atoms with Crippen LogP contribution in [0.15, 0.2) is 47.9 Å². The number of pyridine rings is 1. The normalized spacial score (nSPS) is 10.9. The predicted molar refractivity (Wildman–Crippen MR) is 89.9 cm³/mol. The molecule has 0 aliphatic rings. The third-order valence-corrected chi connectivity index (χ3v) is 4.48. The molecule has 21 heavy (non-hydrogen) atoms. The standard InChI is InChI=1S/C14H10IN3O2S/c15-9-1-3-10(4-2-9)18-12-5-6-16-7-11(12)17-14(18)21-8-13(19)20/h1-7H,8H2,(H,19,20). The first-order valence-corrected chi connectivity index (χ1v) is 8.14. The van der Waals surface area contributed by atoms with Crippen LogP contribution in [0, 0.1) is 3.57 Å². The molecule has 3 rings (SSSR count). The molecule has 0 aliphatic carbocycles. The van der Waals surface area contributed by atoms with Crippen LogP contribution >= 0.6 is 34.4 Å². The smallest absolute Gasteiger partial charge is 0.313 e. The summed E-state index contributed by atoms with van der Waals surface area (Å²) in [5.41, 5.74) is 2.63. The number of rotatable bonds is 4. The molecule has 1 aromatic carbocycles. The molecule has 0 spiro atoms. The molecule has 0 saturated carbocycles. The van der Waals surface area contributed by atoms with Crippen molar-refractivity contribution < 1.29 is 9.90 Å². The zero-order valence-electron chi connectivity index (χ0n) is 10.7. The number of carbonyl (C=O) groups is 1. The minimum absolute atomic E-state index is 0.0267. The van der Waals surface area contributed by atoms with Crippen LogP contribution in [0.1, 0.15) is 0 Å². The van der Waals surface area contributed by atoms with Gasteiger partial charge in [0.05, 0.1) is 17.5 Å². The number of thioether (sulfide) groups is 1. The molecule has 0 bridgehead atoms. The van der Waals surface area contributed by atoms with Crippen LogP contribution < -0.4 is 0 Å². The van der Waals surface area contributed by atoms with Crippen molar-refractivity contribution in [1.29, 1.82) is 0 Å². The van der Waals surface area contributed by atoms with Gasteiger partial charge < -0.3 is 5.11 Å². The van der Waals surface area contributed by atoms with Gasteiger partial charge in [-0.05, 0) is 52.9 Å². The molecule has 0 fully saturated rings. The fraction of sp³-hybridized carbons (Fsp3) is 0.0714. The number of fused-ring (bicyclic) bond motifs is 1. The van der Waals surface area contributed by atoms with Gasteiger partial charge in [0.15, 0.2) is 5.16 Å². The highest BCUT2D eigenvalue weighted by Gasteiger charge is 2.14. The van der Waals surface area contributed by atoms with Gasteiger partial charge in [-0.3, -0.25) is 14.3 Å². The van der Waals surface area contributed by atoms with Gasteiger partial charge in [-0.25, -0.2) is 4.98 Å². The maximum atomic E-state index is 10.8. The molecular weight excluding hydrogens is 401 g/mol. The van der Waals surface area contributed by atoms with Crippen LogP contribution in [0.4, 0.5) is 0 Å². The van der Waals surface area contributed by atoms with Crippen LogP contribution in [0.2, 0.25) is 0 Å². The summed E-state index contributed by atoms with van der Waals surface area (Å²) in [4.78, 5) is 19.4. The number of benzene rings is 1. The van der Waals surface area contributed by atoms with E-state index in [1.54, 1.807) is 12.4 Å². The number of halogens is 1. The van der Waals surface area contributed by atoms with Crippen molar-refractivity contribution in [2.75, 3.05) is 5.75 Å². The fourth-order valence-corrected chi connectivity index (χ4v) is 3.08. The molecule has 106 valence electrons. The molecule has 5 nitrogen and oxygen atoms in total. The third-order valence-electron chi connectivity index (χ3n) is 2.84. The monoisotopic (exact) mass is 411 g/mol. The molecule has 0 radical (unpaired) electrons. The molecule has 3 aromatic rings. The molecule has 2 heterocycles. The van der Waals surface area contributed by atoms with E-state index < -0.39 is 5.97 Å². The molecule has 0 aliphatic heterocycles. The van der Waals surface area contributed by atoms with Crippen LogP contribution in [-0.2, 0) is 4.79 Å². The molecule has 0 atom stereocenters. The summed E-state index contributed by atoms with van der Waals surface area (Å²) in [6, 6.07) is 9.89. The van der Waals surface area contributed by atoms with Gasteiger partial charge >= 0.3 is 5.97 Å². The Bertz CT molecular complexity index is 802. The first-order valence-electron chi connectivity index (χ1n) is 6.08. The van der Waals surface area contributed by atoms with Crippen molar-refractivity contribution >= 4 is 51.4 Å². The van der Waals surface area contributed by atoms with E-state index in [2.05, 4.69) is 32.6 Å². The van der Waals surface area contributed by atoms with Crippen LogP contribution in [0.5, 0.6) is 0 Å². The number of hydrogen-bond donors (Lipinski definition) is 1. The second kappa shape index (κ2) is 6.02. The van der Waals surface area contributed by atoms with Gasteiger partial charge in [-0.15, -0.1) is 0 Å². The summed E-state index contributed by atoms with van der Waals surface area (Å²) >= 11 is 3.45. The largest absolute Gasteiger partial charge is 0.481 e. The summed E-state index contributed by atoms with van der Waals surface area (Å²) in [6.45, 7) is 0. The second-order valence-electron chi connectivity index (χ2n) is 4.25. The summed E-state index contributed by atoms with van der Waals surface area (Å²) < 4.78 is 3.10. The van der Waals surface area contributed by atoms with Gasteiger partial charge in [-0.2, -0.15) is 0 Å². The van der Waals surface area contributed by atoms with Crippen LogP contribution in [0.25, 0.3) is 16.7 Å². The van der Waals surface area contributed by atoms with Gasteiger partial charge in [0, 0.05) is 15.5 Å². The van der Waals surface area contributed by atoms with Gasteiger partial charge in [-0.1, -0.05) is 11.8 Å². The minimum Gasteiger partial charge on any atom is -0.481 e. The Balaban J connectivity index is 2.15. The molecule has 7 heteroatoms. The van der Waals surface area contributed by atoms with Crippen molar-refractivity contribution in [2.24, 2.45) is 0 Å². The van der Waals surface area contributed by atoms with Crippen LogP contribution in [0.3, 0.4) is 0 Å². The molecule has 0 amide bonds. The van der Waals surface area contributed by atoms with Crippen LogP contribution in [-0.4, -0.2) is 31.4 Å². The lowest BCUT2D eigenvalue weighted by atomic mass is 10.3. The lowest BCUT2D eigenvalue weighted by Gasteiger charge is -2.08. The summed E-state index contributed by atoms with van der Waals surface area (Å²) in [7, 11) is 0. The maximum absolute atomic E-state index is 10.8. The van der Waals surface area contributed by atoms with Crippen molar-refractivity contribution in [2.45, 2.75) is 5.16 Å². The van der Waals surface area contributed by atoms with E-state index in [0.717, 1.165) is 20.3 Å². The topological polar surface area (TPSA) is 68.0 Å². The highest BCUT2D eigenvalue weighted by Crippen LogP contribution is 2.27. The molecule has 0 saturated heterocycles. The summed E-state index contributed by atoms with van der Waals surface area (Å²) in [5, 5.41) is 9.53. The summed E-state index contributed by atoms with van der Waals surface area (Å²) in [6.07, 6.45) is 3.39. The first-order chi connectivity index (χ1) is 10.1. The third kappa shape index (κ3) is 3.03. The fourth-order valence-electron chi connectivity index (χ4n) is 1.97. The number of hydrogen-bond acceptors (Lipinski definition) is 4. The summed E-state index contributed by atoms with van der Waals surface area (Å²) in [5.74, 6) is -0.888. The zero-order valence-corrected chi connectivity index (χ0v) is 13.7. The van der Waals surface area contributed by atoms with Gasteiger partial charge in [0.1, 0.15) is 5.52 Å². The Kier molecular flexibility index (Phi) is 4.11. The minimum atomic E-state index is -0.862. The lowest BCUT2D eigenvalue weighted by Crippen LogP contribution is -2.01. The number of aromatic nitrogens is 3. The highest BCUT2D eigenvalue weighted by molar-refractivity contribution is 14.1. The van der Waals surface area contributed by atoms with Gasteiger partial charge in [0.25, 0.3) is 0 Å². The number of carboxylic acid groups (broad SMARTS) is 1. The van der Waals surface area contributed by atoms with E-state index in [0.29, 0.717) is 5.16 Å². The zero-order chi connectivity index (χ0) is 14.8. The Morgan fingerprint density at radius 1 is 1.29 bits per heavy atom. The lowest BCUT2D eigenvalue weighted by molar-refractivity contribution is -0.133. The van der Waals surface area contributed by atoms with E-state index in [1.807, 2.05) is 34.9 Å². The average Bonchev–Trinajstić information content (AvgIpc) is 2.84. The number of aliphatic carboxylic acids is 1. The van der Waals surface area contributed by atoms with E-state index in [1.165, 1.54) is 11.8 Å². The molecule has 1 N–H and O–H groups in total. The quantitative estimate of drug-likeness (QED) is 0.528. The van der Waals surface area contributed by atoms with E-state index >= 15 is 0 Å². The number of imidazole rings is 1.